The number of hydrogen-bond acceptors (Lipinski definition) is 5. The maximum atomic E-state index is 12.9. The van der Waals surface area contributed by atoms with E-state index in [1.54, 1.807) is 18.2 Å². The first kappa shape index (κ1) is 17.4. The van der Waals surface area contributed by atoms with Crippen LogP contribution in [0.25, 0.3) is 11.4 Å². The lowest BCUT2D eigenvalue weighted by atomic mass is 10.2. The average molecular weight is 381 g/mol. The summed E-state index contributed by atoms with van der Waals surface area (Å²) in [5, 5.41) is 4.50. The van der Waals surface area contributed by atoms with Gasteiger partial charge in [0.1, 0.15) is 11.6 Å². The summed E-state index contributed by atoms with van der Waals surface area (Å²) in [6, 6.07) is 10.3. The molecule has 0 radical (unpaired) electrons. The summed E-state index contributed by atoms with van der Waals surface area (Å²) in [5.74, 6) is -0.0157. The molecule has 0 amide bonds. The number of hydrogen-bond donors (Lipinski definition) is 0. The molecule has 1 heterocycles. The van der Waals surface area contributed by atoms with Crippen molar-refractivity contribution in [2.75, 3.05) is 0 Å². The highest BCUT2D eigenvalue weighted by Crippen LogP contribution is 2.27. The van der Waals surface area contributed by atoms with Crippen LogP contribution in [0.4, 0.5) is 4.39 Å². The van der Waals surface area contributed by atoms with E-state index in [1.165, 1.54) is 24.3 Å². The first-order chi connectivity index (χ1) is 12.0. The summed E-state index contributed by atoms with van der Waals surface area (Å²) >= 11 is 11.7. The van der Waals surface area contributed by atoms with Crippen molar-refractivity contribution >= 4 is 29.2 Å². The van der Waals surface area contributed by atoms with Crippen LogP contribution >= 0.6 is 23.2 Å². The second-order valence-electron chi connectivity index (χ2n) is 5.07. The smallest absolute Gasteiger partial charge is 0.311 e. The van der Waals surface area contributed by atoms with E-state index in [0.717, 1.165) is 0 Å². The van der Waals surface area contributed by atoms with Gasteiger partial charge in [0, 0.05) is 17.0 Å². The van der Waals surface area contributed by atoms with Gasteiger partial charge in [-0.15, -0.1) is 0 Å². The summed E-state index contributed by atoms with van der Waals surface area (Å²) in [6.07, 6.45) is 0.238. The Morgan fingerprint density at radius 2 is 1.92 bits per heavy atom. The summed E-state index contributed by atoms with van der Waals surface area (Å²) in [6.45, 7) is 0. The van der Waals surface area contributed by atoms with Crippen LogP contribution in [0.15, 0.2) is 47.0 Å². The van der Waals surface area contributed by atoms with Crippen LogP contribution < -0.4 is 4.74 Å². The Balaban J connectivity index is 1.58. The Morgan fingerprint density at radius 3 is 2.64 bits per heavy atom. The summed E-state index contributed by atoms with van der Waals surface area (Å²) in [5.41, 5.74) is 0.618. The fourth-order valence-corrected chi connectivity index (χ4v) is 2.46. The van der Waals surface area contributed by atoms with E-state index < -0.39 is 5.97 Å². The highest BCUT2D eigenvalue weighted by atomic mass is 35.5. The summed E-state index contributed by atoms with van der Waals surface area (Å²) < 4.78 is 23.2. The maximum absolute atomic E-state index is 12.9. The zero-order valence-electron chi connectivity index (χ0n) is 12.7. The topological polar surface area (TPSA) is 65.2 Å². The van der Waals surface area contributed by atoms with Crippen molar-refractivity contribution in [1.82, 2.24) is 10.1 Å². The van der Waals surface area contributed by atoms with Gasteiger partial charge in [-0.1, -0.05) is 28.4 Å². The molecular formula is C17H11Cl2FN2O3. The third-order valence-electron chi connectivity index (χ3n) is 3.23. The minimum atomic E-state index is -0.495. The van der Waals surface area contributed by atoms with Gasteiger partial charge in [-0.25, -0.2) is 4.39 Å². The van der Waals surface area contributed by atoms with E-state index in [-0.39, 0.29) is 35.3 Å². The van der Waals surface area contributed by atoms with Crippen molar-refractivity contribution in [2.24, 2.45) is 0 Å². The first-order valence-electron chi connectivity index (χ1n) is 7.25. The van der Waals surface area contributed by atoms with Gasteiger partial charge >= 0.3 is 5.97 Å². The van der Waals surface area contributed by atoms with Crippen LogP contribution in [0.1, 0.15) is 12.3 Å². The van der Waals surface area contributed by atoms with Gasteiger partial charge in [-0.05, 0) is 42.5 Å². The number of rotatable bonds is 5. The van der Waals surface area contributed by atoms with Crippen LogP contribution in [-0.2, 0) is 11.2 Å². The molecule has 0 saturated heterocycles. The lowest BCUT2D eigenvalue weighted by Gasteiger charge is -2.05. The summed E-state index contributed by atoms with van der Waals surface area (Å²) in [4.78, 5) is 16.1. The van der Waals surface area contributed by atoms with E-state index >= 15 is 0 Å². The monoisotopic (exact) mass is 380 g/mol. The Labute approximate surface area is 152 Å². The van der Waals surface area contributed by atoms with Crippen LogP contribution in [0.2, 0.25) is 10.0 Å². The molecule has 0 fully saturated rings. The third-order valence-corrected chi connectivity index (χ3v) is 3.76. The van der Waals surface area contributed by atoms with Crippen molar-refractivity contribution < 1.29 is 18.4 Å². The molecule has 0 atom stereocenters. The molecule has 2 aromatic carbocycles. The highest BCUT2D eigenvalue weighted by molar-refractivity contribution is 6.35. The number of halogens is 3. The van der Waals surface area contributed by atoms with Gasteiger partial charge in [-0.2, -0.15) is 4.98 Å². The van der Waals surface area contributed by atoms with Gasteiger partial charge in [0.05, 0.1) is 11.4 Å². The van der Waals surface area contributed by atoms with Crippen molar-refractivity contribution in [2.45, 2.75) is 12.8 Å². The number of benzene rings is 2. The third kappa shape index (κ3) is 4.55. The van der Waals surface area contributed by atoms with Gasteiger partial charge in [0.15, 0.2) is 0 Å². The Hall–Kier alpha value is -2.44. The molecule has 0 N–H and O–H groups in total. The molecule has 3 aromatic rings. The molecule has 128 valence electrons. The fraction of sp³-hybridized carbons (Fsp3) is 0.118. The number of carbonyl (C=O) groups is 1. The van der Waals surface area contributed by atoms with Crippen molar-refractivity contribution in [1.29, 1.82) is 0 Å². The van der Waals surface area contributed by atoms with Crippen LogP contribution in [0, 0.1) is 5.82 Å². The minimum absolute atomic E-state index is 0.0318. The van der Waals surface area contributed by atoms with Crippen molar-refractivity contribution in [3.05, 3.63) is 64.2 Å². The predicted octanol–water partition coefficient (Wildman–Crippen LogP) is 4.72. The van der Waals surface area contributed by atoms with E-state index in [4.69, 9.17) is 32.5 Å². The maximum Gasteiger partial charge on any atom is 0.311 e. The zero-order chi connectivity index (χ0) is 17.8. The van der Waals surface area contributed by atoms with E-state index in [1.807, 2.05) is 0 Å². The van der Waals surface area contributed by atoms with Gasteiger partial charge in [-0.3, -0.25) is 4.79 Å². The fourth-order valence-electron chi connectivity index (χ4n) is 2.01. The second kappa shape index (κ2) is 7.63. The lowest BCUT2D eigenvalue weighted by Crippen LogP contribution is -2.09. The molecule has 8 heteroatoms. The molecule has 0 unspecified atom stereocenters. The summed E-state index contributed by atoms with van der Waals surface area (Å²) in [7, 11) is 0. The minimum Gasteiger partial charge on any atom is -0.425 e. The molecule has 1 aromatic heterocycles. The molecule has 5 nitrogen and oxygen atoms in total. The van der Waals surface area contributed by atoms with Crippen molar-refractivity contribution in [3.63, 3.8) is 0 Å². The second-order valence-corrected chi connectivity index (χ2v) is 5.91. The number of carbonyl (C=O) groups excluding carboxylic acids is 1. The van der Waals surface area contributed by atoms with E-state index in [2.05, 4.69) is 10.1 Å². The molecular weight excluding hydrogens is 370 g/mol. The lowest BCUT2D eigenvalue weighted by molar-refractivity contribution is -0.134. The number of aromatic nitrogens is 2. The number of ether oxygens (including phenoxy) is 1. The Bertz CT molecular complexity index is 897. The Morgan fingerprint density at radius 1 is 1.16 bits per heavy atom. The molecule has 0 aliphatic heterocycles. The number of aryl methyl sites for hydroxylation is 1. The highest BCUT2D eigenvalue weighted by Gasteiger charge is 2.13. The standard InChI is InChI=1S/C17H11Cl2FN2O3/c18-11-3-6-14(13(19)9-11)24-16(23)8-7-15-21-17(22-25-15)10-1-4-12(20)5-2-10/h1-6,9H,7-8H2. The number of nitrogens with zero attached hydrogens (tertiary/aromatic N) is 2. The van der Waals surface area contributed by atoms with Gasteiger partial charge < -0.3 is 9.26 Å². The number of esters is 1. The van der Waals surface area contributed by atoms with Gasteiger partial charge in [0.25, 0.3) is 0 Å². The SMILES string of the molecule is O=C(CCc1nc(-c2ccc(F)cc2)no1)Oc1ccc(Cl)cc1Cl. The molecule has 25 heavy (non-hydrogen) atoms. The van der Waals surface area contributed by atoms with Gasteiger partial charge in [0.2, 0.25) is 11.7 Å². The van der Waals surface area contributed by atoms with E-state index in [9.17, 15) is 9.18 Å². The average Bonchev–Trinajstić information content (AvgIpc) is 3.05. The molecule has 0 aliphatic rings. The molecule has 3 rings (SSSR count). The normalized spacial score (nSPS) is 10.7. The molecule has 0 bridgehead atoms. The van der Waals surface area contributed by atoms with Crippen molar-refractivity contribution in [3.8, 4) is 17.1 Å². The molecule has 0 saturated carbocycles. The zero-order valence-corrected chi connectivity index (χ0v) is 14.2. The van der Waals surface area contributed by atoms with Crippen LogP contribution in [0.3, 0.4) is 0 Å². The molecule has 0 aliphatic carbocycles. The predicted molar refractivity (Wildman–Crippen MR) is 90.1 cm³/mol. The molecule has 0 spiro atoms. The Kier molecular flexibility index (Phi) is 5.31. The quantitative estimate of drug-likeness (QED) is 0.473. The van der Waals surface area contributed by atoms with Crippen LogP contribution in [-0.4, -0.2) is 16.1 Å². The largest absolute Gasteiger partial charge is 0.425 e. The first-order valence-corrected chi connectivity index (χ1v) is 8.01. The van der Waals surface area contributed by atoms with Crippen LogP contribution in [0.5, 0.6) is 5.75 Å². The van der Waals surface area contributed by atoms with E-state index in [0.29, 0.717) is 16.4 Å².